The highest BCUT2D eigenvalue weighted by Crippen LogP contribution is 2.20. The second-order valence-electron chi connectivity index (χ2n) is 8.27. The number of carbonyl (C=O) groups excluding carboxylic acids is 3. The number of hydrogen-bond acceptors (Lipinski definition) is 9. The molecule has 0 radical (unpaired) electrons. The first-order chi connectivity index (χ1) is 19.7. The van der Waals surface area contributed by atoms with Crippen LogP contribution < -0.4 is 15.5 Å². The third-order valence-electron chi connectivity index (χ3n) is 5.53. The first-order valence-electron chi connectivity index (χ1n) is 11.8. The molecule has 41 heavy (non-hydrogen) atoms. The Bertz CT molecular complexity index is 1670. The normalized spacial score (nSPS) is 10.5. The van der Waals surface area contributed by atoms with Crippen molar-refractivity contribution >= 4 is 41.1 Å². The minimum atomic E-state index is -0.739. The topological polar surface area (TPSA) is 183 Å². The smallest absolute Gasteiger partial charge is 0.343 e. The molecule has 0 atom stereocenters. The van der Waals surface area contributed by atoms with Gasteiger partial charge in [-0.25, -0.2) is 10.2 Å². The number of hydrazone groups is 1. The van der Waals surface area contributed by atoms with Crippen molar-refractivity contribution in [2.45, 2.75) is 0 Å². The molecule has 4 rings (SSSR count). The van der Waals surface area contributed by atoms with E-state index in [9.17, 15) is 34.6 Å². The van der Waals surface area contributed by atoms with E-state index < -0.39 is 27.6 Å². The largest absolute Gasteiger partial charge is 0.422 e. The Labute approximate surface area is 231 Å². The Kier molecular flexibility index (Phi) is 8.50. The van der Waals surface area contributed by atoms with E-state index >= 15 is 0 Å². The molecule has 0 saturated heterocycles. The van der Waals surface area contributed by atoms with Gasteiger partial charge in [0, 0.05) is 46.6 Å². The van der Waals surface area contributed by atoms with Gasteiger partial charge in [0.25, 0.3) is 23.2 Å². The minimum absolute atomic E-state index is 0.108. The third-order valence-corrected chi connectivity index (χ3v) is 5.53. The lowest BCUT2D eigenvalue weighted by molar-refractivity contribution is -0.385. The van der Waals surface area contributed by atoms with Gasteiger partial charge in [0.1, 0.15) is 5.75 Å². The van der Waals surface area contributed by atoms with E-state index in [1.54, 1.807) is 30.3 Å². The van der Waals surface area contributed by atoms with Gasteiger partial charge in [0.05, 0.1) is 21.6 Å². The number of para-hydroxylation sites is 1. The summed E-state index contributed by atoms with van der Waals surface area (Å²) in [6.07, 6.45) is 1.27. The van der Waals surface area contributed by atoms with Crippen LogP contribution in [0.2, 0.25) is 0 Å². The molecule has 2 amide bonds. The first kappa shape index (κ1) is 27.8. The second kappa shape index (κ2) is 12.5. The summed E-state index contributed by atoms with van der Waals surface area (Å²) in [5, 5.41) is 28.1. The highest BCUT2D eigenvalue weighted by atomic mass is 16.6. The van der Waals surface area contributed by atoms with Gasteiger partial charge < -0.3 is 10.1 Å². The second-order valence-corrected chi connectivity index (χ2v) is 8.27. The fourth-order valence-corrected chi connectivity index (χ4v) is 3.46. The van der Waals surface area contributed by atoms with Crippen LogP contribution in [0.15, 0.2) is 102 Å². The lowest BCUT2D eigenvalue weighted by Gasteiger charge is -2.08. The molecule has 0 fully saturated rings. The van der Waals surface area contributed by atoms with E-state index in [2.05, 4.69) is 15.8 Å². The molecular formula is C28H19N5O8. The SMILES string of the molecule is O=C(NN=Cc1ccccc1OC(=O)c1ccc([N+](=O)[O-])cc1)c1cccc(NC(=O)c2ccc([N+](=O)[O-])cc2)c1. The van der Waals surface area contributed by atoms with Crippen molar-refractivity contribution in [2.24, 2.45) is 5.10 Å². The molecule has 0 aliphatic heterocycles. The summed E-state index contributed by atoms with van der Waals surface area (Å²) in [4.78, 5) is 58.0. The zero-order valence-corrected chi connectivity index (χ0v) is 20.9. The standard InChI is InChI=1S/C28H19N5O8/c34-26(18-8-12-23(13-9-18)32(37)38)30-22-6-3-5-20(16-22)27(35)31-29-17-21-4-1-2-7-25(21)41-28(36)19-10-14-24(15-11-19)33(39)40/h1-17H,(H,30,34)(H,31,35). The maximum atomic E-state index is 12.6. The van der Waals surface area contributed by atoms with Crippen LogP contribution in [0, 0.1) is 20.2 Å². The number of benzene rings is 4. The van der Waals surface area contributed by atoms with Crippen LogP contribution in [0.3, 0.4) is 0 Å². The van der Waals surface area contributed by atoms with E-state index in [1.807, 2.05) is 0 Å². The van der Waals surface area contributed by atoms with Gasteiger partial charge in [-0.2, -0.15) is 5.10 Å². The van der Waals surface area contributed by atoms with Crippen LogP contribution in [0.1, 0.15) is 36.6 Å². The number of rotatable bonds is 9. The third kappa shape index (κ3) is 7.20. The number of carbonyl (C=O) groups is 3. The number of nitrogens with one attached hydrogen (secondary N) is 2. The summed E-state index contributed by atoms with van der Waals surface area (Å²) in [5.74, 6) is -1.70. The predicted octanol–water partition coefficient (Wildman–Crippen LogP) is 4.74. The van der Waals surface area contributed by atoms with Crippen molar-refractivity contribution in [3.05, 3.63) is 140 Å². The summed E-state index contributed by atoms with van der Waals surface area (Å²) in [6, 6.07) is 22.5. The number of non-ortho nitro benzene ring substituents is 2. The quantitative estimate of drug-likeness (QED) is 0.0979. The lowest BCUT2D eigenvalue weighted by atomic mass is 10.1. The summed E-state index contributed by atoms with van der Waals surface area (Å²) in [7, 11) is 0. The van der Waals surface area contributed by atoms with Crippen LogP contribution in [0.25, 0.3) is 0 Å². The van der Waals surface area contributed by atoms with Gasteiger partial charge in [-0.15, -0.1) is 0 Å². The molecule has 0 unspecified atom stereocenters. The molecule has 13 nitrogen and oxygen atoms in total. The molecule has 0 aliphatic rings. The monoisotopic (exact) mass is 553 g/mol. The van der Waals surface area contributed by atoms with Gasteiger partial charge in [-0.3, -0.25) is 29.8 Å². The number of esters is 1. The summed E-state index contributed by atoms with van der Waals surface area (Å²) >= 11 is 0. The number of amides is 2. The molecule has 4 aromatic rings. The number of nitro benzene ring substituents is 2. The maximum absolute atomic E-state index is 12.6. The van der Waals surface area contributed by atoms with Gasteiger partial charge in [-0.05, 0) is 54.6 Å². The van der Waals surface area contributed by atoms with Crippen LogP contribution in [-0.2, 0) is 0 Å². The predicted molar refractivity (Wildman–Crippen MR) is 147 cm³/mol. The van der Waals surface area contributed by atoms with Crippen LogP contribution in [0.4, 0.5) is 17.1 Å². The Morgan fingerprint density at radius 2 is 1.32 bits per heavy atom. The minimum Gasteiger partial charge on any atom is -0.422 e. The highest BCUT2D eigenvalue weighted by Gasteiger charge is 2.14. The van der Waals surface area contributed by atoms with E-state index in [-0.39, 0.29) is 33.8 Å². The van der Waals surface area contributed by atoms with Crippen molar-refractivity contribution in [3.63, 3.8) is 0 Å². The van der Waals surface area contributed by atoms with Crippen LogP contribution in [-0.4, -0.2) is 33.8 Å². The first-order valence-corrected chi connectivity index (χ1v) is 11.8. The van der Waals surface area contributed by atoms with Gasteiger partial charge in [-0.1, -0.05) is 18.2 Å². The molecule has 204 valence electrons. The lowest BCUT2D eigenvalue weighted by Crippen LogP contribution is -2.18. The van der Waals surface area contributed by atoms with Crippen molar-refractivity contribution in [1.29, 1.82) is 0 Å². The van der Waals surface area contributed by atoms with E-state index in [4.69, 9.17) is 4.74 Å². The molecule has 4 aromatic carbocycles. The Hall–Kier alpha value is -6.24. The number of nitrogens with zero attached hydrogens (tertiary/aromatic N) is 3. The summed E-state index contributed by atoms with van der Waals surface area (Å²) < 4.78 is 5.40. The number of ether oxygens (including phenoxy) is 1. The average Bonchev–Trinajstić information content (AvgIpc) is 2.98. The van der Waals surface area contributed by atoms with Gasteiger partial charge in [0.15, 0.2) is 0 Å². The van der Waals surface area contributed by atoms with Gasteiger partial charge >= 0.3 is 5.97 Å². The number of hydrogen-bond donors (Lipinski definition) is 2. The van der Waals surface area contributed by atoms with Crippen molar-refractivity contribution in [3.8, 4) is 5.75 Å². The summed E-state index contributed by atoms with van der Waals surface area (Å²) in [5.41, 5.74) is 3.21. The number of anilines is 1. The Balaban J connectivity index is 1.38. The zero-order chi connectivity index (χ0) is 29.4. The zero-order valence-electron chi connectivity index (χ0n) is 20.9. The molecule has 0 heterocycles. The van der Waals surface area contributed by atoms with E-state index in [0.717, 1.165) is 0 Å². The molecule has 0 saturated carbocycles. The van der Waals surface area contributed by atoms with Crippen molar-refractivity contribution in [1.82, 2.24) is 5.43 Å². The van der Waals surface area contributed by atoms with Crippen molar-refractivity contribution < 1.29 is 29.0 Å². The molecule has 0 spiro atoms. The Morgan fingerprint density at radius 3 is 1.95 bits per heavy atom. The van der Waals surface area contributed by atoms with Gasteiger partial charge in [0.2, 0.25) is 0 Å². The van der Waals surface area contributed by atoms with Crippen LogP contribution >= 0.6 is 0 Å². The average molecular weight is 553 g/mol. The fraction of sp³-hybridized carbons (Fsp3) is 0. The molecular weight excluding hydrogens is 534 g/mol. The van der Waals surface area contributed by atoms with E-state index in [0.29, 0.717) is 11.3 Å². The Morgan fingerprint density at radius 1 is 0.707 bits per heavy atom. The molecule has 0 aliphatic carbocycles. The highest BCUT2D eigenvalue weighted by molar-refractivity contribution is 6.05. The van der Waals surface area contributed by atoms with E-state index in [1.165, 1.54) is 72.9 Å². The molecule has 13 heteroatoms. The molecule has 0 aromatic heterocycles. The molecule has 0 bridgehead atoms. The number of nitro groups is 2. The fourth-order valence-electron chi connectivity index (χ4n) is 3.46. The maximum Gasteiger partial charge on any atom is 0.343 e. The summed E-state index contributed by atoms with van der Waals surface area (Å²) in [6.45, 7) is 0. The molecule has 2 N–H and O–H groups in total. The van der Waals surface area contributed by atoms with Crippen LogP contribution in [0.5, 0.6) is 5.75 Å². The van der Waals surface area contributed by atoms with Crippen molar-refractivity contribution in [2.75, 3.05) is 5.32 Å².